The number of methoxy groups -OCH3 is 2. The fourth-order valence-electron chi connectivity index (χ4n) is 2.27. The quantitative estimate of drug-likeness (QED) is 0.373. The van der Waals surface area contributed by atoms with E-state index in [-0.39, 0.29) is 40.9 Å². The molecule has 0 aromatic heterocycles. The van der Waals surface area contributed by atoms with E-state index in [1.165, 1.54) is 11.0 Å². The molecular weight excluding hydrogens is 470 g/mol. The second-order valence-corrected chi connectivity index (χ2v) is 6.27. The summed E-state index contributed by atoms with van der Waals surface area (Å²) in [5, 5.41) is 9.10. The molecule has 0 N–H and O–H groups in total. The Balaban J connectivity index is 2.77. The Morgan fingerprint density at radius 3 is 2.60 bits per heavy atom. The molecule has 0 atom stereocenters. The highest BCUT2D eigenvalue weighted by atomic mass is 127. The Labute approximate surface area is 161 Å². The summed E-state index contributed by atoms with van der Waals surface area (Å²) in [6.45, 7) is -0.390. The van der Waals surface area contributed by atoms with Crippen LogP contribution in [0.1, 0.15) is 5.56 Å². The van der Waals surface area contributed by atoms with Crippen molar-refractivity contribution in [2.45, 2.75) is 0 Å². The molecule has 0 spiro atoms. The third-order valence-corrected chi connectivity index (χ3v) is 4.46. The van der Waals surface area contributed by atoms with E-state index in [4.69, 9.17) is 21.1 Å². The molecule has 7 nitrogen and oxygen atoms in total. The topological polar surface area (TPSA) is 88.9 Å². The number of halogens is 3. The SMILES string of the molecule is COC(=O)C1=C(C(=O)OC)N(c2c(I)cc(Cl)c(F)c2C#N)COC1. The van der Waals surface area contributed by atoms with Crippen LogP contribution in [0, 0.1) is 20.7 Å². The summed E-state index contributed by atoms with van der Waals surface area (Å²) in [5.41, 5.74) is -0.619. The molecule has 1 aromatic carbocycles. The standard InChI is InChI=1S/C15H11ClFIN2O5/c1-23-14(21)8-5-25-6-20(13(8)15(22)24-2)12-7(4-19)11(17)9(16)3-10(12)18/h3H,5-6H2,1-2H3. The zero-order chi connectivity index (χ0) is 18.7. The van der Waals surface area contributed by atoms with E-state index >= 15 is 0 Å². The minimum absolute atomic E-state index is 0.0477. The summed E-state index contributed by atoms with van der Waals surface area (Å²) in [4.78, 5) is 25.4. The van der Waals surface area contributed by atoms with Gasteiger partial charge in [-0.05, 0) is 28.7 Å². The molecule has 1 heterocycles. The van der Waals surface area contributed by atoms with Crippen molar-refractivity contribution in [3.63, 3.8) is 0 Å². The molecule has 2 rings (SSSR count). The molecule has 1 aliphatic heterocycles. The predicted molar refractivity (Wildman–Crippen MR) is 93.2 cm³/mol. The van der Waals surface area contributed by atoms with Crippen LogP contribution < -0.4 is 4.90 Å². The van der Waals surface area contributed by atoms with E-state index in [0.717, 1.165) is 14.2 Å². The first-order chi connectivity index (χ1) is 11.9. The van der Waals surface area contributed by atoms with Gasteiger partial charge in [0, 0.05) is 3.57 Å². The van der Waals surface area contributed by atoms with E-state index in [9.17, 15) is 19.2 Å². The summed E-state index contributed by atoms with van der Waals surface area (Å²) in [6.07, 6.45) is 0. The monoisotopic (exact) mass is 480 g/mol. The van der Waals surface area contributed by atoms with Crippen LogP contribution in [0.3, 0.4) is 0 Å². The fraction of sp³-hybridized carbons (Fsp3) is 0.267. The summed E-state index contributed by atoms with van der Waals surface area (Å²) >= 11 is 7.62. The molecule has 132 valence electrons. The molecule has 10 heteroatoms. The largest absolute Gasteiger partial charge is 0.466 e. The molecule has 0 radical (unpaired) electrons. The van der Waals surface area contributed by atoms with E-state index in [0.29, 0.717) is 3.57 Å². The van der Waals surface area contributed by atoms with Gasteiger partial charge in [0.2, 0.25) is 0 Å². The summed E-state index contributed by atoms with van der Waals surface area (Å²) in [7, 11) is 2.28. The van der Waals surface area contributed by atoms with Crippen molar-refractivity contribution in [1.82, 2.24) is 0 Å². The molecule has 0 bridgehead atoms. The van der Waals surface area contributed by atoms with Crippen LogP contribution in [0.15, 0.2) is 17.3 Å². The normalized spacial score (nSPS) is 14.2. The van der Waals surface area contributed by atoms with Gasteiger partial charge in [-0.1, -0.05) is 11.6 Å². The number of esters is 2. The van der Waals surface area contributed by atoms with Crippen LogP contribution >= 0.6 is 34.2 Å². The molecular formula is C15H11ClFIN2O5. The van der Waals surface area contributed by atoms with Gasteiger partial charge in [0.25, 0.3) is 0 Å². The summed E-state index contributed by atoms with van der Waals surface area (Å²) < 4.78 is 29.4. The lowest BCUT2D eigenvalue weighted by atomic mass is 10.1. The number of hydrogen-bond acceptors (Lipinski definition) is 7. The van der Waals surface area contributed by atoms with Crippen LogP contribution in [-0.2, 0) is 23.8 Å². The maximum atomic E-state index is 14.3. The van der Waals surface area contributed by atoms with E-state index < -0.39 is 17.8 Å². The lowest BCUT2D eigenvalue weighted by Gasteiger charge is -2.32. The van der Waals surface area contributed by atoms with Crippen molar-refractivity contribution >= 4 is 51.8 Å². The second-order valence-electron chi connectivity index (χ2n) is 4.71. The summed E-state index contributed by atoms with van der Waals surface area (Å²) in [6, 6.07) is 3.03. The van der Waals surface area contributed by atoms with Crippen LogP contribution in [0.2, 0.25) is 5.02 Å². The van der Waals surface area contributed by atoms with Crippen LogP contribution in [0.25, 0.3) is 0 Å². The Morgan fingerprint density at radius 1 is 1.40 bits per heavy atom. The number of hydrogen-bond donors (Lipinski definition) is 0. The highest BCUT2D eigenvalue weighted by Gasteiger charge is 2.35. The molecule has 0 amide bonds. The molecule has 0 saturated carbocycles. The van der Waals surface area contributed by atoms with Crippen molar-refractivity contribution < 1.29 is 28.2 Å². The minimum Gasteiger partial charge on any atom is -0.466 e. The number of carbonyl (C=O) groups excluding carboxylic acids is 2. The van der Waals surface area contributed by atoms with Gasteiger partial charge in [0.1, 0.15) is 24.1 Å². The number of benzene rings is 1. The van der Waals surface area contributed by atoms with Crippen LogP contribution in [0.4, 0.5) is 10.1 Å². The van der Waals surface area contributed by atoms with Gasteiger partial charge in [0.05, 0.1) is 37.1 Å². The Morgan fingerprint density at radius 2 is 2.04 bits per heavy atom. The zero-order valence-corrected chi connectivity index (χ0v) is 16.0. The Kier molecular flexibility index (Phi) is 6.21. The van der Waals surface area contributed by atoms with Gasteiger partial charge in [-0.3, -0.25) is 0 Å². The molecule has 0 unspecified atom stereocenters. The summed E-state index contributed by atoms with van der Waals surface area (Å²) in [5.74, 6) is -2.58. The lowest BCUT2D eigenvalue weighted by Crippen LogP contribution is -2.39. The number of carbonyl (C=O) groups is 2. The number of nitriles is 1. The smallest absolute Gasteiger partial charge is 0.355 e. The van der Waals surface area contributed by atoms with Crippen molar-refractivity contribution in [2.75, 3.05) is 32.5 Å². The zero-order valence-electron chi connectivity index (χ0n) is 13.1. The van der Waals surface area contributed by atoms with E-state index in [2.05, 4.69) is 4.74 Å². The van der Waals surface area contributed by atoms with Gasteiger partial charge in [-0.2, -0.15) is 5.26 Å². The number of anilines is 1. The first-order valence-corrected chi connectivity index (χ1v) is 8.15. The van der Waals surface area contributed by atoms with Crippen LogP contribution in [0.5, 0.6) is 0 Å². The number of rotatable bonds is 3. The average molecular weight is 481 g/mol. The number of nitrogens with zero attached hydrogens (tertiary/aromatic N) is 2. The highest BCUT2D eigenvalue weighted by molar-refractivity contribution is 14.1. The predicted octanol–water partition coefficient (Wildman–Crippen LogP) is 2.35. The average Bonchev–Trinajstić information content (AvgIpc) is 2.62. The molecule has 0 saturated heterocycles. The maximum absolute atomic E-state index is 14.3. The first-order valence-electron chi connectivity index (χ1n) is 6.70. The molecule has 25 heavy (non-hydrogen) atoms. The van der Waals surface area contributed by atoms with Crippen molar-refractivity contribution in [2.24, 2.45) is 0 Å². The van der Waals surface area contributed by atoms with Crippen molar-refractivity contribution in [3.8, 4) is 6.07 Å². The maximum Gasteiger partial charge on any atom is 0.355 e. The number of ether oxygens (including phenoxy) is 3. The van der Waals surface area contributed by atoms with Gasteiger partial charge in [-0.25, -0.2) is 14.0 Å². The van der Waals surface area contributed by atoms with Gasteiger partial charge >= 0.3 is 11.9 Å². The third-order valence-electron chi connectivity index (χ3n) is 3.36. The Hall–Kier alpha value is -1.90. The molecule has 0 fully saturated rings. The second kappa shape index (κ2) is 7.99. The van der Waals surface area contributed by atoms with Crippen molar-refractivity contribution in [1.29, 1.82) is 5.26 Å². The van der Waals surface area contributed by atoms with Crippen LogP contribution in [-0.4, -0.2) is 39.5 Å². The van der Waals surface area contributed by atoms with Gasteiger partial charge in [0.15, 0.2) is 5.82 Å². The minimum atomic E-state index is -0.936. The Bertz CT molecular complexity index is 821. The lowest BCUT2D eigenvalue weighted by molar-refractivity contribution is -0.140. The molecule has 1 aliphatic rings. The fourth-order valence-corrected chi connectivity index (χ4v) is 3.53. The first kappa shape index (κ1) is 19.4. The molecule has 1 aromatic rings. The van der Waals surface area contributed by atoms with Gasteiger partial charge < -0.3 is 19.1 Å². The van der Waals surface area contributed by atoms with E-state index in [1.807, 2.05) is 22.6 Å². The molecule has 0 aliphatic carbocycles. The third kappa shape index (κ3) is 3.56. The van der Waals surface area contributed by atoms with Crippen molar-refractivity contribution in [3.05, 3.63) is 37.3 Å². The van der Waals surface area contributed by atoms with Gasteiger partial charge in [-0.15, -0.1) is 0 Å². The van der Waals surface area contributed by atoms with E-state index in [1.54, 1.807) is 6.07 Å². The highest BCUT2D eigenvalue weighted by Crippen LogP contribution is 2.37.